The Morgan fingerprint density at radius 1 is 1.20 bits per heavy atom. The summed E-state index contributed by atoms with van der Waals surface area (Å²) in [6.07, 6.45) is 4.47. The maximum atomic E-state index is 12.3. The molecule has 2 heterocycles. The first-order valence-corrected chi connectivity index (χ1v) is 7.59. The molecule has 126 valence electrons. The molecule has 3 aromatic rings. The molecule has 0 aliphatic heterocycles. The smallest absolute Gasteiger partial charge is 0.264 e. The van der Waals surface area contributed by atoms with Crippen molar-refractivity contribution in [3.8, 4) is 17.1 Å². The molecule has 7 heteroatoms. The summed E-state index contributed by atoms with van der Waals surface area (Å²) >= 11 is 0. The fourth-order valence-electron chi connectivity index (χ4n) is 2.33. The normalized spacial score (nSPS) is 10.3. The van der Waals surface area contributed by atoms with Crippen LogP contribution in [0.4, 0.5) is 0 Å². The number of amides is 1. The number of aromatic amines is 1. The number of carbonyl (C=O) groups excluding carboxylic acids is 1. The second-order valence-corrected chi connectivity index (χ2v) is 5.21. The molecule has 0 saturated carbocycles. The number of rotatable bonds is 5. The molecule has 3 rings (SSSR count). The minimum atomic E-state index is -0.508. The van der Waals surface area contributed by atoms with Gasteiger partial charge in [0.1, 0.15) is 17.1 Å². The van der Waals surface area contributed by atoms with Gasteiger partial charge >= 0.3 is 0 Å². The van der Waals surface area contributed by atoms with Crippen LogP contribution in [0.1, 0.15) is 15.9 Å². The molecule has 2 aromatic heterocycles. The van der Waals surface area contributed by atoms with Crippen LogP contribution in [-0.2, 0) is 6.54 Å². The first-order chi connectivity index (χ1) is 12.2. The number of hydrogen-bond acceptors (Lipinski definition) is 5. The average Bonchev–Trinajstić information content (AvgIpc) is 2.67. The van der Waals surface area contributed by atoms with Gasteiger partial charge in [0.15, 0.2) is 0 Å². The number of nitrogens with zero attached hydrogens (tertiary/aromatic N) is 2. The van der Waals surface area contributed by atoms with Crippen molar-refractivity contribution in [3.05, 3.63) is 76.5 Å². The fourth-order valence-corrected chi connectivity index (χ4v) is 2.33. The summed E-state index contributed by atoms with van der Waals surface area (Å²) in [7, 11) is 1.56. The molecule has 0 fully saturated rings. The zero-order chi connectivity index (χ0) is 17.6. The molecule has 0 radical (unpaired) electrons. The summed E-state index contributed by atoms with van der Waals surface area (Å²) in [5.41, 5.74) is 0.921. The highest BCUT2D eigenvalue weighted by molar-refractivity contribution is 5.93. The van der Waals surface area contributed by atoms with Gasteiger partial charge in [-0.3, -0.25) is 14.6 Å². The SMILES string of the molecule is COc1ccccc1CNC(=O)c1cnc(-c2cccnc2)[nH]c1=O. The van der Waals surface area contributed by atoms with Crippen molar-refractivity contribution < 1.29 is 9.53 Å². The lowest BCUT2D eigenvalue weighted by Gasteiger charge is -2.09. The van der Waals surface area contributed by atoms with Crippen molar-refractivity contribution >= 4 is 5.91 Å². The van der Waals surface area contributed by atoms with Crippen LogP contribution >= 0.6 is 0 Å². The standard InChI is InChI=1S/C18H16N4O3/c1-25-15-7-3-2-5-12(15)10-21-17(23)14-11-20-16(22-18(14)24)13-6-4-8-19-9-13/h2-9,11H,10H2,1H3,(H,21,23)(H,20,22,24). The number of carbonyl (C=O) groups is 1. The van der Waals surface area contributed by atoms with Crippen LogP contribution in [-0.4, -0.2) is 28.0 Å². The third kappa shape index (κ3) is 3.72. The van der Waals surface area contributed by atoms with Gasteiger partial charge < -0.3 is 15.0 Å². The molecule has 0 spiro atoms. The van der Waals surface area contributed by atoms with Gasteiger partial charge in [0.2, 0.25) is 0 Å². The summed E-state index contributed by atoms with van der Waals surface area (Å²) in [4.78, 5) is 35.2. The van der Waals surface area contributed by atoms with Gasteiger partial charge in [0, 0.05) is 36.3 Å². The lowest BCUT2D eigenvalue weighted by molar-refractivity contribution is 0.0949. The van der Waals surface area contributed by atoms with Crippen molar-refractivity contribution in [1.82, 2.24) is 20.3 Å². The number of pyridine rings is 1. The first kappa shape index (κ1) is 16.4. The Morgan fingerprint density at radius 3 is 2.76 bits per heavy atom. The van der Waals surface area contributed by atoms with Gasteiger partial charge in [-0.15, -0.1) is 0 Å². The van der Waals surface area contributed by atoms with Crippen LogP contribution < -0.4 is 15.6 Å². The van der Waals surface area contributed by atoms with Gasteiger partial charge in [0.05, 0.1) is 7.11 Å². The lowest BCUT2D eigenvalue weighted by atomic mass is 10.2. The molecule has 0 saturated heterocycles. The average molecular weight is 336 g/mol. The van der Waals surface area contributed by atoms with Crippen molar-refractivity contribution in [1.29, 1.82) is 0 Å². The summed E-state index contributed by atoms with van der Waals surface area (Å²) in [6.45, 7) is 0.243. The molecular weight excluding hydrogens is 320 g/mol. The minimum absolute atomic E-state index is 0.0532. The lowest BCUT2D eigenvalue weighted by Crippen LogP contribution is -2.29. The van der Waals surface area contributed by atoms with Crippen molar-refractivity contribution in [3.63, 3.8) is 0 Å². The van der Waals surface area contributed by atoms with E-state index in [0.717, 1.165) is 5.56 Å². The first-order valence-electron chi connectivity index (χ1n) is 7.59. The van der Waals surface area contributed by atoms with Gasteiger partial charge in [-0.05, 0) is 18.2 Å². The maximum absolute atomic E-state index is 12.3. The largest absolute Gasteiger partial charge is 0.496 e. The van der Waals surface area contributed by atoms with E-state index < -0.39 is 11.5 Å². The van der Waals surface area contributed by atoms with Gasteiger partial charge in [0.25, 0.3) is 11.5 Å². The van der Waals surface area contributed by atoms with Crippen LogP contribution in [0.25, 0.3) is 11.4 Å². The number of nitrogens with one attached hydrogen (secondary N) is 2. The molecule has 0 bridgehead atoms. The van der Waals surface area contributed by atoms with Crippen LogP contribution in [0.15, 0.2) is 59.8 Å². The van der Waals surface area contributed by atoms with Crippen molar-refractivity contribution in [2.45, 2.75) is 6.54 Å². The van der Waals surface area contributed by atoms with E-state index in [1.165, 1.54) is 6.20 Å². The van der Waals surface area contributed by atoms with E-state index in [2.05, 4.69) is 20.3 Å². The monoisotopic (exact) mass is 336 g/mol. The Bertz CT molecular complexity index is 938. The van der Waals surface area contributed by atoms with Crippen LogP contribution in [0.3, 0.4) is 0 Å². The summed E-state index contributed by atoms with van der Waals surface area (Å²) in [5, 5.41) is 2.70. The zero-order valence-corrected chi connectivity index (χ0v) is 13.5. The predicted molar refractivity (Wildman–Crippen MR) is 92.3 cm³/mol. The van der Waals surface area contributed by atoms with Crippen molar-refractivity contribution in [2.24, 2.45) is 0 Å². The molecule has 0 unspecified atom stereocenters. The molecule has 0 aliphatic rings. The maximum Gasteiger partial charge on any atom is 0.264 e. The Kier molecular flexibility index (Phi) is 4.84. The van der Waals surface area contributed by atoms with E-state index in [1.54, 1.807) is 37.7 Å². The van der Waals surface area contributed by atoms with E-state index in [0.29, 0.717) is 17.1 Å². The molecule has 25 heavy (non-hydrogen) atoms. The van der Waals surface area contributed by atoms with Crippen LogP contribution in [0.2, 0.25) is 0 Å². The second-order valence-electron chi connectivity index (χ2n) is 5.21. The van der Waals surface area contributed by atoms with Crippen LogP contribution in [0, 0.1) is 0 Å². The second kappa shape index (κ2) is 7.39. The van der Waals surface area contributed by atoms with E-state index in [9.17, 15) is 9.59 Å². The van der Waals surface area contributed by atoms with Crippen molar-refractivity contribution in [2.75, 3.05) is 7.11 Å². The minimum Gasteiger partial charge on any atom is -0.496 e. The highest BCUT2D eigenvalue weighted by atomic mass is 16.5. The third-order valence-electron chi connectivity index (χ3n) is 3.61. The molecule has 0 aliphatic carbocycles. The predicted octanol–water partition coefficient (Wildman–Crippen LogP) is 1.77. The summed E-state index contributed by atoms with van der Waals surface area (Å²) in [5.74, 6) is 0.526. The van der Waals surface area contributed by atoms with Gasteiger partial charge in [-0.25, -0.2) is 4.98 Å². The zero-order valence-electron chi connectivity index (χ0n) is 13.5. The highest BCUT2D eigenvalue weighted by Gasteiger charge is 2.13. The van der Waals surface area contributed by atoms with E-state index in [4.69, 9.17) is 4.74 Å². The molecular formula is C18H16N4O3. The van der Waals surface area contributed by atoms with E-state index in [-0.39, 0.29) is 12.1 Å². The third-order valence-corrected chi connectivity index (χ3v) is 3.61. The molecule has 2 N–H and O–H groups in total. The Labute approximate surface area is 143 Å². The Balaban J connectivity index is 1.75. The molecule has 7 nitrogen and oxygen atoms in total. The number of H-pyrrole nitrogens is 1. The number of hydrogen-bond donors (Lipinski definition) is 2. The number of para-hydroxylation sites is 1. The topological polar surface area (TPSA) is 97.0 Å². The molecule has 1 amide bonds. The Morgan fingerprint density at radius 2 is 2.04 bits per heavy atom. The summed E-state index contributed by atoms with van der Waals surface area (Å²) in [6, 6.07) is 10.8. The summed E-state index contributed by atoms with van der Waals surface area (Å²) < 4.78 is 5.23. The fraction of sp³-hybridized carbons (Fsp3) is 0.111. The highest BCUT2D eigenvalue weighted by Crippen LogP contribution is 2.16. The number of methoxy groups -OCH3 is 1. The van der Waals surface area contributed by atoms with Gasteiger partial charge in [-0.1, -0.05) is 18.2 Å². The van der Waals surface area contributed by atoms with Crippen LogP contribution in [0.5, 0.6) is 5.75 Å². The quantitative estimate of drug-likeness (QED) is 0.740. The molecule has 1 aromatic carbocycles. The Hall–Kier alpha value is -3.48. The van der Waals surface area contributed by atoms with Gasteiger partial charge in [-0.2, -0.15) is 0 Å². The van der Waals surface area contributed by atoms with E-state index in [1.807, 2.05) is 18.2 Å². The number of aromatic nitrogens is 3. The number of ether oxygens (including phenoxy) is 1. The van der Waals surface area contributed by atoms with E-state index >= 15 is 0 Å². The number of benzene rings is 1. The molecule has 0 atom stereocenters.